The molecule has 4 aromatic rings. The van der Waals surface area contributed by atoms with E-state index in [0.29, 0.717) is 34.8 Å². The first kappa shape index (κ1) is 17.7. The lowest BCUT2D eigenvalue weighted by Gasteiger charge is -2.08. The fraction of sp³-hybridized carbons (Fsp3) is 0.211. The quantitative estimate of drug-likeness (QED) is 0.494. The van der Waals surface area contributed by atoms with E-state index in [1.807, 2.05) is 22.9 Å². The molecule has 1 amide bonds. The van der Waals surface area contributed by atoms with Crippen LogP contribution in [-0.4, -0.2) is 41.8 Å². The highest BCUT2D eigenvalue weighted by molar-refractivity contribution is 5.95. The summed E-state index contributed by atoms with van der Waals surface area (Å²) in [5, 5.41) is 7.80. The lowest BCUT2D eigenvalue weighted by Crippen LogP contribution is -2.25. The highest BCUT2D eigenvalue weighted by atomic mass is 16.1. The van der Waals surface area contributed by atoms with Crippen LogP contribution in [0.5, 0.6) is 0 Å². The second-order valence-electron chi connectivity index (χ2n) is 6.43. The largest absolute Gasteiger partial charge is 0.383 e. The van der Waals surface area contributed by atoms with Crippen LogP contribution in [0, 0.1) is 0 Å². The van der Waals surface area contributed by atoms with E-state index in [9.17, 15) is 4.79 Å². The van der Waals surface area contributed by atoms with Crippen molar-refractivity contribution in [2.75, 3.05) is 12.3 Å². The number of carbonyl (C=O) groups excluding carboxylic acids is 1. The molecule has 9 nitrogen and oxygen atoms in total. The summed E-state index contributed by atoms with van der Waals surface area (Å²) in [5.74, 6) is 0.688. The average molecular weight is 376 g/mol. The number of aryl methyl sites for hydroxylation is 2. The smallest absolute Gasteiger partial charge is 0.251 e. The Bertz CT molecular complexity index is 1120. The Hall–Kier alpha value is -3.75. The number of rotatable bonds is 6. The molecule has 0 saturated carbocycles. The highest BCUT2D eigenvalue weighted by Gasteiger charge is 2.12. The number of fused-ring (bicyclic) bond motifs is 1. The van der Waals surface area contributed by atoms with Crippen molar-refractivity contribution < 1.29 is 4.79 Å². The van der Waals surface area contributed by atoms with Crippen LogP contribution in [-0.2, 0) is 13.6 Å². The van der Waals surface area contributed by atoms with Crippen molar-refractivity contribution in [2.24, 2.45) is 7.05 Å². The normalized spacial score (nSPS) is 11.0. The number of imidazole rings is 1. The zero-order valence-corrected chi connectivity index (χ0v) is 15.4. The number of benzene rings is 1. The minimum absolute atomic E-state index is 0.137. The summed E-state index contributed by atoms with van der Waals surface area (Å²) < 4.78 is 3.62. The van der Waals surface area contributed by atoms with Gasteiger partial charge in [0.15, 0.2) is 11.5 Å². The monoisotopic (exact) mass is 376 g/mol. The summed E-state index contributed by atoms with van der Waals surface area (Å²) in [4.78, 5) is 25.4. The van der Waals surface area contributed by atoms with Crippen LogP contribution in [0.4, 0.5) is 5.82 Å². The standard InChI is InChI=1S/C19H20N8O/c1-26-18-15(11-23-26)16(20)24-17(25-18)13-4-2-5-14(10-13)19(28)22-6-3-8-27-9-7-21-12-27/h2,4-5,7,9-12H,3,6,8H2,1H3,(H,22,28)(H2,20,24,25). The highest BCUT2D eigenvalue weighted by Crippen LogP contribution is 2.23. The minimum atomic E-state index is -0.137. The van der Waals surface area contributed by atoms with E-state index < -0.39 is 0 Å². The van der Waals surface area contributed by atoms with E-state index in [1.165, 1.54) is 0 Å². The van der Waals surface area contributed by atoms with Crippen LogP contribution in [0.3, 0.4) is 0 Å². The molecule has 0 saturated heterocycles. The van der Waals surface area contributed by atoms with E-state index >= 15 is 0 Å². The molecular formula is C19H20N8O. The number of hydrogen-bond acceptors (Lipinski definition) is 6. The maximum Gasteiger partial charge on any atom is 0.251 e. The van der Waals surface area contributed by atoms with Gasteiger partial charge in [0.1, 0.15) is 5.82 Å². The van der Waals surface area contributed by atoms with Gasteiger partial charge in [0, 0.05) is 43.7 Å². The Kier molecular flexibility index (Phi) is 4.71. The van der Waals surface area contributed by atoms with Crippen LogP contribution in [0.2, 0.25) is 0 Å². The molecule has 9 heteroatoms. The number of nitrogens with zero attached hydrogens (tertiary/aromatic N) is 6. The molecule has 1 aromatic carbocycles. The molecule has 3 heterocycles. The first-order chi connectivity index (χ1) is 13.6. The Labute approximate surface area is 161 Å². The zero-order valence-electron chi connectivity index (χ0n) is 15.4. The van der Waals surface area contributed by atoms with Gasteiger partial charge in [0.25, 0.3) is 5.91 Å². The van der Waals surface area contributed by atoms with Gasteiger partial charge < -0.3 is 15.6 Å². The van der Waals surface area contributed by atoms with Crippen molar-refractivity contribution in [3.63, 3.8) is 0 Å². The molecular weight excluding hydrogens is 356 g/mol. The zero-order chi connectivity index (χ0) is 19.5. The van der Waals surface area contributed by atoms with E-state index in [-0.39, 0.29) is 5.91 Å². The number of carbonyl (C=O) groups is 1. The van der Waals surface area contributed by atoms with Crippen LogP contribution < -0.4 is 11.1 Å². The second-order valence-corrected chi connectivity index (χ2v) is 6.43. The molecule has 3 aromatic heterocycles. The van der Waals surface area contributed by atoms with Crippen molar-refractivity contribution in [1.29, 1.82) is 0 Å². The van der Waals surface area contributed by atoms with Gasteiger partial charge in [0.05, 0.1) is 17.9 Å². The molecule has 0 radical (unpaired) electrons. The van der Waals surface area contributed by atoms with Gasteiger partial charge in [-0.25, -0.2) is 15.0 Å². The predicted molar refractivity (Wildman–Crippen MR) is 105 cm³/mol. The third-order valence-electron chi connectivity index (χ3n) is 4.44. The molecule has 0 spiro atoms. The molecule has 0 atom stereocenters. The van der Waals surface area contributed by atoms with E-state index in [4.69, 9.17) is 5.73 Å². The van der Waals surface area contributed by atoms with Gasteiger partial charge in [-0.2, -0.15) is 5.10 Å². The molecule has 0 unspecified atom stereocenters. The van der Waals surface area contributed by atoms with Crippen LogP contribution >= 0.6 is 0 Å². The Morgan fingerprint density at radius 1 is 1.29 bits per heavy atom. The van der Waals surface area contributed by atoms with Crippen molar-refractivity contribution in [1.82, 2.24) is 34.6 Å². The van der Waals surface area contributed by atoms with Gasteiger partial charge in [0.2, 0.25) is 0 Å². The number of anilines is 1. The summed E-state index contributed by atoms with van der Waals surface area (Å²) in [6.45, 7) is 1.38. The van der Waals surface area contributed by atoms with Crippen LogP contribution in [0.1, 0.15) is 16.8 Å². The minimum Gasteiger partial charge on any atom is -0.383 e. The average Bonchev–Trinajstić information content (AvgIpc) is 3.35. The SMILES string of the molecule is Cn1ncc2c(N)nc(-c3cccc(C(=O)NCCCn4ccnc4)c3)nc21. The van der Waals surface area contributed by atoms with Crippen molar-refractivity contribution in [3.05, 3.63) is 54.7 Å². The van der Waals surface area contributed by atoms with Gasteiger partial charge in [-0.05, 0) is 18.6 Å². The fourth-order valence-electron chi connectivity index (χ4n) is 2.96. The summed E-state index contributed by atoms with van der Waals surface area (Å²) in [5.41, 5.74) is 7.96. The maximum atomic E-state index is 12.5. The van der Waals surface area contributed by atoms with Gasteiger partial charge in [-0.15, -0.1) is 0 Å². The Morgan fingerprint density at radius 3 is 3.00 bits per heavy atom. The molecule has 0 bridgehead atoms. The van der Waals surface area contributed by atoms with E-state index in [2.05, 4.69) is 25.4 Å². The number of nitrogens with two attached hydrogens (primary N) is 1. The fourth-order valence-corrected chi connectivity index (χ4v) is 2.96. The first-order valence-corrected chi connectivity index (χ1v) is 8.91. The first-order valence-electron chi connectivity index (χ1n) is 8.91. The number of hydrogen-bond donors (Lipinski definition) is 2. The molecule has 3 N–H and O–H groups in total. The van der Waals surface area contributed by atoms with E-state index in [0.717, 1.165) is 18.5 Å². The van der Waals surface area contributed by atoms with Gasteiger partial charge in [-0.1, -0.05) is 12.1 Å². The molecule has 0 aliphatic carbocycles. The molecule has 142 valence electrons. The van der Waals surface area contributed by atoms with Crippen LogP contribution in [0.15, 0.2) is 49.2 Å². The lowest BCUT2D eigenvalue weighted by atomic mass is 10.1. The number of nitrogens with one attached hydrogen (secondary N) is 1. The van der Waals surface area contributed by atoms with Gasteiger partial charge >= 0.3 is 0 Å². The number of aromatic nitrogens is 6. The Morgan fingerprint density at radius 2 is 2.18 bits per heavy atom. The second kappa shape index (κ2) is 7.47. The molecule has 0 aliphatic heterocycles. The predicted octanol–water partition coefficient (Wildman–Crippen LogP) is 1.63. The molecule has 0 aliphatic rings. The molecule has 28 heavy (non-hydrogen) atoms. The number of nitrogen functional groups attached to an aromatic ring is 1. The maximum absolute atomic E-state index is 12.5. The van der Waals surface area contributed by atoms with E-state index in [1.54, 1.807) is 42.6 Å². The number of amides is 1. The third-order valence-corrected chi connectivity index (χ3v) is 4.44. The van der Waals surface area contributed by atoms with Crippen molar-refractivity contribution >= 4 is 22.8 Å². The molecule has 4 rings (SSSR count). The Balaban J connectivity index is 1.48. The summed E-state index contributed by atoms with van der Waals surface area (Å²) in [6, 6.07) is 7.19. The topological polar surface area (TPSA) is 117 Å². The van der Waals surface area contributed by atoms with Crippen molar-refractivity contribution in [3.8, 4) is 11.4 Å². The van der Waals surface area contributed by atoms with Crippen LogP contribution in [0.25, 0.3) is 22.4 Å². The summed E-state index contributed by atoms with van der Waals surface area (Å²) >= 11 is 0. The van der Waals surface area contributed by atoms with Gasteiger partial charge in [-0.3, -0.25) is 9.48 Å². The summed E-state index contributed by atoms with van der Waals surface area (Å²) in [7, 11) is 1.80. The third kappa shape index (κ3) is 3.54. The lowest BCUT2D eigenvalue weighted by molar-refractivity contribution is 0.0953. The van der Waals surface area contributed by atoms with Crippen molar-refractivity contribution in [2.45, 2.75) is 13.0 Å². The summed E-state index contributed by atoms with van der Waals surface area (Å²) in [6.07, 6.45) is 7.86. The molecule has 0 fully saturated rings.